The van der Waals surface area contributed by atoms with Crippen molar-refractivity contribution in [3.05, 3.63) is 0 Å². The van der Waals surface area contributed by atoms with Crippen LogP contribution in [0.4, 0.5) is 0 Å². The van der Waals surface area contributed by atoms with Crippen LogP contribution in [0.5, 0.6) is 0 Å². The molecule has 0 bridgehead atoms. The molecular formula is C42H88IP. The largest absolute Gasteiger partial charge is 1.00 e. The summed E-state index contributed by atoms with van der Waals surface area (Å²) in [6, 6.07) is 0. The smallest absolute Gasteiger partial charge is 0.0594 e. The van der Waals surface area contributed by atoms with E-state index in [1.165, 1.54) is 193 Å². The highest BCUT2D eigenvalue weighted by Crippen LogP contribution is 2.61. The van der Waals surface area contributed by atoms with Gasteiger partial charge < -0.3 is 24.0 Å². The zero-order valence-electron chi connectivity index (χ0n) is 31.7. The SMILES string of the molecule is CCCCCCCCCCCCCC[P+](CCCCCCC)(CCCCCCC)CCCCCCCCCCCCCC.[I-]. The van der Waals surface area contributed by atoms with E-state index in [1.54, 1.807) is 50.3 Å². The maximum Gasteiger partial charge on any atom is 0.0594 e. The molecule has 0 saturated heterocycles. The Bertz CT molecular complexity index is 448. The normalized spacial score (nSPS) is 11.7. The van der Waals surface area contributed by atoms with Gasteiger partial charge in [-0.25, -0.2) is 0 Å². The summed E-state index contributed by atoms with van der Waals surface area (Å²) in [5.41, 5.74) is 0. The summed E-state index contributed by atoms with van der Waals surface area (Å²) in [7, 11) is -0.753. The van der Waals surface area contributed by atoms with Crippen LogP contribution in [-0.2, 0) is 0 Å². The second-order valence-corrected chi connectivity index (χ2v) is 19.3. The molecule has 0 aromatic rings. The lowest BCUT2D eigenvalue weighted by atomic mass is 10.1. The molecule has 0 radical (unpaired) electrons. The summed E-state index contributed by atoms with van der Waals surface area (Å²) in [5.74, 6) is 0. The standard InChI is InChI=1S/C42H88P.HI/c1-5-9-13-17-19-21-23-25-27-29-33-37-41-43(39-35-31-15-11-7-3,40-36-32-16-12-8-4)42-38-34-30-28-26-24-22-20-18-14-10-6-2;/h5-42H2,1-4H3;1H/q+1;/p-1. The molecule has 2 heteroatoms. The lowest BCUT2D eigenvalue weighted by Gasteiger charge is -2.28. The van der Waals surface area contributed by atoms with Crippen LogP contribution in [0.15, 0.2) is 0 Å². The average molecular weight is 751 g/mol. The number of rotatable bonds is 38. The number of hydrogen-bond acceptors (Lipinski definition) is 0. The summed E-state index contributed by atoms with van der Waals surface area (Å²) in [5, 5.41) is 0. The second kappa shape index (κ2) is 40.3. The van der Waals surface area contributed by atoms with E-state index < -0.39 is 7.26 Å². The van der Waals surface area contributed by atoms with Gasteiger partial charge in [0.05, 0.1) is 24.6 Å². The molecule has 0 spiro atoms. The van der Waals surface area contributed by atoms with Gasteiger partial charge >= 0.3 is 0 Å². The van der Waals surface area contributed by atoms with Crippen molar-refractivity contribution in [1.29, 1.82) is 0 Å². The van der Waals surface area contributed by atoms with Gasteiger partial charge in [0, 0.05) is 7.26 Å². The highest BCUT2D eigenvalue weighted by molar-refractivity contribution is 7.75. The molecule has 268 valence electrons. The lowest BCUT2D eigenvalue weighted by Crippen LogP contribution is -3.00. The predicted molar refractivity (Wildman–Crippen MR) is 206 cm³/mol. The van der Waals surface area contributed by atoms with Crippen molar-refractivity contribution in [2.24, 2.45) is 0 Å². The zero-order valence-corrected chi connectivity index (χ0v) is 34.7. The van der Waals surface area contributed by atoms with E-state index in [0.29, 0.717) is 0 Å². The molecule has 0 atom stereocenters. The molecule has 0 unspecified atom stereocenters. The maximum atomic E-state index is 2.37. The Morgan fingerprint density at radius 2 is 0.341 bits per heavy atom. The van der Waals surface area contributed by atoms with Crippen LogP contribution in [0.1, 0.15) is 246 Å². The van der Waals surface area contributed by atoms with E-state index >= 15 is 0 Å². The summed E-state index contributed by atoms with van der Waals surface area (Å²) in [6.45, 7) is 9.39. The van der Waals surface area contributed by atoms with Crippen LogP contribution in [-0.4, -0.2) is 24.6 Å². The van der Waals surface area contributed by atoms with E-state index in [0.717, 1.165) is 0 Å². The first-order valence-corrected chi connectivity index (χ1v) is 23.6. The molecule has 0 heterocycles. The van der Waals surface area contributed by atoms with Crippen molar-refractivity contribution in [2.75, 3.05) is 24.6 Å². The molecule has 44 heavy (non-hydrogen) atoms. The second-order valence-electron chi connectivity index (χ2n) is 14.8. The fraction of sp³-hybridized carbons (Fsp3) is 1.00. The Hall–Kier alpha value is 1.16. The summed E-state index contributed by atoms with van der Waals surface area (Å²) >= 11 is 0. The molecule has 0 fully saturated rings. The van der Waals surface area contributed by atoms with Gasteiger partial charge in [-0.15, -0.1) is 0 Å². The number of unbranched alkanes of at least 4 members (excludes halogenated alkanes) is 30. The average Bonchev–Trinajstić information content (AvgIpc) is 3.02. The van der Waals surface area contributed by atoms with Crippen LogP contribution in [0.25, 0.3) is 0 Å². The van der Waals surface area contributed by atoms with E-state index in [4.69, 9.17) is 0 Å². The first kappa shape index (κ1) is 47.3. The van der Waals surface area contributed by atoms with Gasteiger partial charge in [0.25, 0.3) is 0 Å². The van der Waals surface area contributed by atoms with Crippen LogP contribution in [0, 0.1) is 0 Å². The molecule has 0 N–H and O–H groups in total. The van der Waals surface area contributed by atoms with Gasteiger partial charge in [-0.3, -0.25) is 0 Å². The Morgan fingerprint density at radius 3 is 0.500 bits per heavy atom. The minimum absolute atomic E-state index is 0. The summed E-state index contributed by atoms with van der Waals surface area (Å²) in [4.78, 5) is 0. The molecule has 0 amide bonds. The van der Waals surface area contributed by atoms with Gasteiger partial charge in [0.2, 0.25) is 0 Å². The van der Waals surface area contributed by atoms with Crippen LogP contribution in [0.2, 0.25) is 0 Å². The van der Waals surface area contributed by atoms with Crippen molar-refractivity contribution < 1.29 is 24.0 Å². The third-order valence-corrected chi connectivity index (χ3v) is 15.5. The van der Waals surface area contributed by atoms with Crippen molar-refractivity contribution in [2.45, 2.75) is 246 Å². The predicted octanol–water partition coefficient (Wildman–Crippen LogP) is 13.4. The van der Waals surface area contributed by atoms with Crippen molar-refractivity contribution >= 4 is 7.26 Å². The fourth-order valence-electron chi connectivity index (χ4n) is 7.35. The fourth-order valence-corrected chi connectivity index (χ4v) is 12.3. The van der Waals surface area contributed by atoms with Gasteiger partial charge in [-0.05, 0) is 51.4 Å². The first-order chi connectivity index (χ1) is 21.2. The van der Waals surface area contributed by atoms with Crippen molar-refractivity contribution in [1.82, 2.24) is 0 Å². The zero-order chi connectivity index (χ0) is 31.4. The quantitative estimate of drug-likeness (QED) is 0.0335. The minimum atomic E-state index is -0.753. The monoisotopic (exact) mass is 751 g/mol. The molecular weight excluding hydrogens is 662 g/mol. The third-order valence-electron chi connectivity index (χ3n) is 10.4. The maximum absolute atomic E-state index is 2.37. The topological polar surface area (TPSA) is 0 Å². The molecule has 0 nitrogen and oxygen atoms in total. The molecule has 0 saturated carbocycles. The Balaban J connectivity index is 0. The molecule has 0 rings (SSSR count). The van der Waals surface area contributed by atoms with E-state index in [2.05, 4.69) is 27.7 Å². The van der Waals surface area contributed by atoms with Crippen molar-refractivity contribution in [3.63, 3.8) is 0 Å². The molecule has 0 aliphatic rings. The Labute approximate surface area is 300 Å². The molecule has 0 aliphatic heterocycles. The van der Waals surface area contributed by atoms with Crippen molar-refractivity contribution in [3.8, 4) is 0 Å². The molecule has 0 aliphatic carbocycles. The minimum Gasteiger partial charge on any atom is -1.00 e. The van der Waals surface area contributed by atoms with Crippen LogP contribution >= 0.6 is 7.26 Å². The number of hydrogen-bond donors (Lipinski definition) is 0. The Morgan fingerprint density at radius 1 is 0.205 bits per heavy atom. The van der Waals surface area contributed by atoms with Gasteiger partial charge in [-0.1, -0.05) is 195 Å². The Kier molecular flexibility index (Phi) is 43.3. The molecule has 0 aromatic carbocycles. The number of halogens is 1. The summed E-state index contributed by atoms with van der Waals surface area (Å²) in [6.07, 6.45) is 57.2. The summed E-state index contributed by atoms with van der Waals surface area (Å²) < 4.78 is 0. The van der Waals surface area contributed by atoms with Gasteiger partial charge in [-0.2, -0.15) is 0 Å². The third kappa shape index (κ3) is 34.5. The first-order valence-electron chi connectivity index (χ1n) is 21.1. The highest BCUT2D eigenvalue weighted by atomic mass is 127. The van der Waals surface area contributed by atoms with Crippen LogP contribution in [0.3, 0.4) is 0 Å². The molecule has 0 aromatic heterocycles. The lowest BCUT2D eigenvalue weighted by molar-refractivity contribution is -0.00000974. The van der Waals surface area contributed by atoms with Gasteiger partial charge in [0.15, 0.2) is 0 Å². The highest BCUT2D eigenvalue weighted by Gasteiger charge is 2.34. The van der Waals surface area contributed by atoms with E-state index in [1.807, 2.05) is 0 Å². The van der Waals surface area contributed by atoms with E-state index in [-0.39, 0.29) is 24.0 Å². The van der Waals surface area contributed by atoms with Gasteiger partial charge in [0.1, 0.15) is 0 Å². The van der Waals surface area contributed by atoms with E-state index in [9.17, 15) is 0 Å². The van der Waals surface area contributed by atoms with Crippen LogP contribution < -0.4 is 24.0 Å².